The van der Waals surface area contributed by atoms with Crippen molar-refractivity contribution in [1.29, 1.82) is 0 Å². The molecule has 12 aromatic rings. The van der Waals surface area contributed by atoms with E-state index in [1.165, 1.54) is 21.5 Å². The van der Waals surface area contributed by atoms with Crippen LogP contribution in [0.25, 0.3) is 116 Å². The molecule has 0 atom stereocenters. The Morgan fingerprint density at radius 3 is 1.54 bits per heavy atom. The second-order valence-electron chi connectivity index (χ2n) is 14.4. The Bertz CT molecular complexity index is 3450. The number of rotatable bonds is 4. The number of benzene rings is 9. The van der Waals surface area contributed by atoms with Gasteiger partial charge in [0.05, 0.1) is 16.6 Å². The standard InChI is InChI=1S/C51H30N4O/c1-2-16-34-28-46-42(27-33(34)15-1)38-21-7-9-25-45(38)55(46)35-29-43-39-22-8-10-26-47(39)56-48(43)44(30-35)51-53-49(40-23-11-17-31-13-3-5-19-36(31)40)52-50(54-51)41-24-12-18-32-14-4-6-20-37(32)41/h1-30H. The van der Waals surface area contributed by atoms with E-state index >= 15 is 0 Å². The van der Waals surface area contributed by atoms with Gasteiger partial charge in [0.2, 0.25) is 0 Å². The largest absolute Gasteiger partial charge is 0.455 e. The highest BCUT2D eigenvalue weighted by Crippen LogP contribution is 2.42. The molecule has 56 heavy (non-hydrogen) atoms. The molecule has 0 bridgehead atoms. The minimum Gasteiger partial charge on any atom is -0.455 e. The van der Waals surface area contributed by atoms with Crippen LogP contribution in [0.3, 0.4) is 0 Å². The topological polar surface area (TPSA) is 56.7 Å². The predicted octanol–water partition coefficient (Wildman–Crippen LogP) is 13.3. The molecular formula is C51H30N4O. The Kier molecular flexibility index (Phi) is 6.56. The summed E-state index contributed by atoms with van der Waals surface area (Å²) in [6.45, 7) is 0. The molecule has 260 valence electrons. The Hall–Kier alpha value is -7.63. The van der Waals surface area contributed by atoms with Crippen LogP contribution in [0.2, 0.25) is 0 Å². The lowest BCUT2D eigenvalue weighted by Crippen LogP contribution is -2.02. The maximum atomic E-state index is 6.76. The van der Waals surface area contributed by atoms with E-state index in [1.54, 1.807) is 0 Å². The first-order valence-corrected chi connectivity index (χ1v) is 18.9. The molecule has 0 radical (unpaired) electrons. The average molecular weight is 715 g/mol. The number of hydrogen-bond donors (Lipinski definition) is 0. The van der Waals surface area contributed by atoms with Gasteiger partial charge in [0.25, 0.3) is 0 Å². The lowest BCUT2D eigenvalue weighted by molar-refractivity contribution is 0.669. The van der Waals surface area contributed by atoms with Crippen LogP contribution in [0.4, 0.5) is 0 Å². The number of nitrogens with zero attached hydrogens (tertiary/aromatic N) is 4. The SMILES string of the molecule is c1ccc2cc3c(cc2c1)c1ccccc1n3-c1cc(-c2nc(-c3cccc4ccccc34)nc(-c3cccc4ccccc34)n2)c2oc3ccccc3c2c1. The van der Waals surface area contributed by atoms with E-state index in [0.29, 0.717) is 17.5 Å². The van der Waals surface area contributed by atoms with E-state index in [0.717, 1.165) is 76.9 Å². The van der Waals surface area contributed by atoms with Crippen molar-refractivity contribution in [3.05, 3.63) is 182 Å². The molecule has 3 heterocycles. The third kappa shape index (κ3) is 4.64. The molecule has 0 aliphatic heterocycles. The molecule has 0 aliphatic rings. The fraction of sp³-hybridized carbons (Fsp3) is 0. The van der Waals surface area contributed by atoms with Crippen molar-refractivity contribution in [2.45, 2.75) is 0 Å². The van der Waals surface area contributed by atoms with Gasteiger partial charge >= 0.3 is 0 Å². The third-order valence-electron chi connectivity index (χ3n) is 11.2. The molecule has 0 aliphatic carbocycles. The normalized spacial score (nSPS) is 11.9. The van der Waals surface area contributed by atoms with Crippen LogP contribution in [0, 0.1) is 0 Å². The van der Waals surface area contributed by atoms with Crippen molar-refractivity contribution in [1.82, 2.24) is 19.5 Å². The summed E-state index contributed by atoms with van der Waals surface area (Å²) in [7, 11) is 0. The van der Waals surface area contributed by atoms with Crippen LogP contribution in [-0.2, 0) is 0 Å². The zero-order valence-electron chi connectivity index (χ0n) is 30.0. The number of para-hydroxylation sites is 2. The average Bonchev–Trinajstić information content (AvgIpc) is 3.80. The number of fused-ring (bicyclic) bond motifs is 9. The maximum absolute atomic E-state index is 6.76. The summed E-state index contributed by atoms with van der Waals surface area (Å²) in [5.41, 5.74) is 7.49. The van der Waals surface area contributed by atoms with Gasteiger partial charge in [-0.2, -0.15) is 0 Å². The summed E-state index contributed by atoms with van der Waals surface area (Å²) in [5.74, 6) is 1.75. The van der Waals surface area contributed by atoms with Gasteiger partial charge in [0.15, 0.2) is 17.5 Å². The summed E-state index contributed by atoms with van der Waals surface area (Å²) >= 11 is 0. The van der Waals surface area contributed by atoms with E-state index in [9.17, 15) is 0 Å². The smallest absolute Gasteiger partial charge is 0.167 e. The molecule has 0 spiro atoms. The lowest BCUT2D eigenvalue weighted by Gasteiger charge is -2.14. The molecule has 0 amide bonds. The van der Waals surface area contributed by atoms with E-state index < -0.39 is 0 Å². The molecule has 5 heteroatoms. The second-order valence-corrected chi connectivity index (χ2v) is 14.4. The van der Waals surface area contributed by atoms with Crippen LogP contribution >= 0.6 is 0 Å². The van der Waals surface area contributed by atoms with Gasteiger partial charge in [-0.3, -0.25) is 0 Å². The Morgan fingerprint density at radius 1 is 0.339 bits per heavy atom. The van der Waals surface area contributed by atoms with Crippen molar-refractivity contribution >= 4 is 76.1 Å². The minimum atomic E-state index is 0.544. The molecular weight excluding hydrogens is 685 g/mol. The van der Waals surface area contributed by atoms with E-state index in [2.05, 4.69) is 174 Å². The van der Waals surface area contributed by atoms with Gasteiger partial charge in [0.1, 0.15) is 11.2 Å². The van der Waals surface area contributed by atoms with Crippen molar-refractivity contribution < 1.29 is 4.42 Å². The molecule has 3 aromatic heterocycles. The predicted molar refractivity (Wildman–Crippen MR) is 230 cm³/mol. The first-order chi connectivity index (χ1) is 27.7. The molecule has 0 N–H and O–H groups in total. The van der Waals surface area contributed by atoms with E-state index in [4.69, 9.17) is 19.4 Å². The van der Waals surface area contributed by atoms with Gasteiger partial charge in [-0.1, -0.05) is 146 Å². The van der Waals surface area contributed by atoms with Gasteiger partial charge in [-0.15, -0.1) is 0 Å². The van der Waals surface area contributed by atoms with Crippen LogP contribution in [0.15, 0.2) is 186 Å². The Labute approximate surface area is 320 Å². The molecule has 9 aromatic carbocycles. The van der Waals surface area contributed by atoms with Crippen LogP contribution in [0.1, 0.15) is 0 Å². The summed E-state index contributed by atoms with van der Waals surface area (Å²) < 4.78 is 9.14. The molecule has 5 nitrogen and oxygen atoms in total. The van der Waals surface area contributed by atoms with Crippen molar-refractivity contribution in [3.8, 4) is 39.9 Å². The van der Waals surface area contributed by atoms with Crippen LogP contribution in [-0.4, -0.2) is 19.5 Å². The molecule has 0 unspecified atom stereocenters. The van der Waals surface area contributed by atoms with E-state index in [-0.39, 0.29) is 0 Å². The van der Waals surface area contributed by atoms with Gasteiger partial charge in [-0.25, -0.2) is 15.0 Å². The monoisotopic (exact) mass is 714 g/mol. The third-order valence-corrected chi connectivity index (χ3v) is 11.2. The fourth-order valence-electron chi connectivity index (χ4n) is 8.62. The number of furan rings is 1. The summed E-state index contributed by atoms with van der Waals surface area (Å²) in [4.78, 5) is 15.9. The molecule has 12 rings (SSSR count). The van der Waals surface area contributed by atoms with Crippen molar-refractivity contribution in [3.63, 3.8) is 0 Å². The first kappa shape index (κ1) is 30.8. The van der Waals surface area contributed by atoms with E-state index in [1.807, 2.05) is 12.1 Å². The summed E-state index contributed by atoms with van der Waals surface area (Å²) in [6.07, 6.45) is 0. The molecule has 0 saturated heterocycles. The number of aromatic nitrogens is 4. The minimum absolute atomic E-state index is 0.544. The van der Waals surface area contributed by atoms with Crippen molar-refractivity contribution in [2.75, 3.05) is 0 Å². The number of hydrogen-bond acceptors (Lipinski definition) is 4. The van der Waals surface area contributed by atoms with Crippen LogP contribution < -0.4 is 0 Å². The zero-order chi connectivity index (χ0) is 36.7. The van der Waals surface area contributed by atoms with Gasteiger partial charge in [0, 0.05) is 38.4 Å². The maximum Gasteiger partial charge on any atom is 0.167 e. The highest BCUT2D eigenvalue weighted by atomic mass is 16.3. The first-order valence-electron chi connectivity index (χ1n) is 18.9. The fourth-order valence-corrected chi connectivity index (χ4v) is 8.62. The zero-order valence-corrected chi connectivity index (χ0v) is 30.0. The highest BCUT2D eigenvalue weighted by molar-refractivity contribution is 6.15. The van der Waals surface area contributed by atoms with Crippen LogP contribution in [0.5, 0.6) is 0 Å². The lowest BCUT2D eigenvalue weighted by atomic mass is 10.0. The highest BCUT2D eigenvalue weighted by Gasteiger charge is 2.22. The Morgan fingerprint density at radius 2 is 0.857 bits per heavy atom. The van der Waals surface area contributed by atoms with Crippen molar-refractivity contribution in [2.24, 2.45) is 0 Å². The van der Waals surface area contributed by atoms with Gasteiger partial charge in [-0.05, 0) is 68.7 Å². The van der Waals surface area contributed by atoms with Gasteiger partial charge < -0.3 is 8.98 Å². The molecule has 0 saturated carbocycles. The summed E-state index contributed by atoms with van der Waals surface area (Å²) in [5, 5.41) is 11.3. The quantitative estimate of drug-likeness (QED) is 0.182. The molecule has 0 fully saturated rings. The second kappa shape index (κ2) is 11.9. The Balaban J connectivity index is 1.20. The summed E-state index contributed by atoms with van der Waals surface area (Å²) in [6, 6.07) is 63.9.